The van der Waals surface area contributed by atoms with Crippen LogP contribution < -0.4 is 0 Å². The van der Waals surface area contributed by atoms with Gasteiger partial charge in [-0.25, -0.2) is 4.39 Å². The van der Waals surface area contributed by atoms with E-state index in [9.17, 15) is 9.50 Å². The average Bonchev–Trinajstić information content (AvgIpc) is 2.56. The lowest BCUT2D eigenvalue weighted by Crippen LogP contribution is -1.97. The van der Waals surface area contributed by atoms with E-state index in [0.29, 0.717) is 11.3 Å². The van der Waals surface area contributed by atoms with Crippen molar-refractivity contribution in [2.45, 2.75) is 38.7 Å². The summed E-state index contributed by atoms with van der Waals surface area (Å²) in [7, 11) is 0. The third-order valence-electron chi connectivity index (χ3n) is 3.78. The highest BCUT2D eigenvalue weighted by Gasteiger charge is 2.06. The Bertz CT molecular complexity index is 689. The third-order valence-corrected chi connectivity index (χ3v) is 3.78. The Labute approximate surface area is 143 Å². The summed E-state index contributed by atoms with van der Waals surface area (Å²) in [5.74, 6) is -0.273. The highest BCUT2D eigenvalue weighted by Crippen LogP contribution is 2.23. The molecule has 0 saturated carbocycles. The fourth-order valence-corrected chi connectivity index (χ4v) is 2.46. The number of aromatic nitrogens is 1. The topological polar surface area (TPSA) is 33.1 Å². The molecule has 0 radical (unpaired) electrons. The molecule has 1 unspecified atom stereocenters. The molecule has 2 nitrogen and oxygen atoms in total. The number of nitrogens with zero attached hydrogens (tertiary/aromatic N) is 1. The van der Waals surface area contributed by atoms with Crippen molar-refractivity contribution in [3.05, 3.63) is 72.2 Å². The van der Waals surface area contributed by atoms with E-state index in [1.54, 1.807) is 19.2 Å². The molecule has 3 heteroatoms. The number of unbranched alkanes of at least 4 members (excludes halogenated alkanes) is 1. The standard InChI is InChI=1S/C21H24FNO/c1-3-7-18-11-13-21(23-15-18)19-12-10-17(14-20(19)22)9-6-4-5-8-16(2)24/h3,6,9-16,24H,1,4-5,7-8H2,2H3. The highest BCUT2D eigenvalue weighted by molar-refractivity contribution is 5.63. The highest BCUT2D eigenvalue weighted by atomic mass is 19.1. The predicted octanol–water partition coefficient (Wildman–Crippen LogP) is 5.18. The van der Waals surface area contributed by atoms with Crippen LogP contribution in [0.15, 0.2) is 55.3 Å². The molecule has 2 aromatic rings. The van der Waals surface area contributed by atoms with Crippen molar-refractivity contribution in [1.29, 1.82) is 0 Å². The number of aliphatic hydroxyl groups is 1. The van der Waals surface area contributed by atoms with Crippen LogP contribution in [0.5, 0.6) is 0 Å². The van der Waals surface area contributed by atoms with E-state index < -0.39 is 0 Å². The van der Waals surface area contributed by atoms with Crippen LogP contribution in [0.4, 0.5) is 4.39 Å². The first-order valence-corrected chi connectivity index (χ1v) is 8.30. The summed E-state index contributed by atoms with van der Waals surface area (Å²) in [6, 6.07) is 8.96. The van der Waals surface area contributed by atoms with E-state index in [-0.39, 0.29) is 11.9 Å². The third kappa shape index (κ3) is 5.43. The summed E-state index contributed by atoms with van der Waals surface area (Å²) in [5, 5.41) is 9.21. The number of hydrogen-bond acceptors (Lipinski definition) is 2. The lowest BCUT2D eigenvalue weighted by Gasteiger charge is -2.05. The van der Waals surface area contributed by atoms with Crippen LogP contribution in [0.1, 0.15) is 37.3 Å². The van der Waals surface area contributed by atoms with Crippen LogP contribution in [0, 0.1) is 5.82 Å². The summed E-state index contributed by atoms with van der Waals surface area (Å²) in [5.41, 5.74) is 3.03. The molecule has 1 aromatic carbocycles. The Morgan fingerprint density at radius 3 is 2.75 bits per heavy atom. The van der Waals surface area contributed by atoms with Crippen LogP contribution in [0.25, 0.3) is 17.3 Å². The number of halogens is 1. The number of allylic oxidation sites excluding steroid dienone is 2. The average molecular weight is 325 g/mol. The molecule has 0 aliphatic carbocycles. The van der Waals surface area contributed by atoms with Gasteiger partial charge in [0.15, 0.2) is 0 Å². The maximum Gasteiger partial charge on any atom is 0.133 e. The van der Waals surface area contributed by atoms with Gasteiger partial charge in [0, 0.05) is 11.8 Å². The smallest absolute Gasteiger partial charge is 0.133 e. The molecule has 0 saturated heterocycles. The summed E-state index contributed by atoms with van der Waals surface area (Å²) in [4.78, 5) is 4.33. The van der Waals surface area contributed by atoms with Crippen molar-refractivity contribution in [3.8, 4) is 11.3 Å². The SMILES string of the molecule is C=CCc1ccc(-c2ccc(C=CCCCC(C)O)cc2F)nc1. The van der Waals surface area contributed by atoms with Crippen molar-refractivity contribution >= 4 is 6.08 Å². The number of pyridine rings is 1. The molecule has 1 N–H and O–H groups in total. The van der Waals surface area contributed by atoms with E-state index in [1.165, 1.54) is 6.07 Å². The molecule has 0 aliphatic heterocycles. The van der Waals surface area contributed by atoms with Gasteiger partial charge in [0.25, 0.3) is 0 Å². The molecule has 0 amide bonds. The maximum atomic E-state index is 14.3. The van der Waals surface area contributed by atoms with Gasteiger partial charge in [0.05, 0.1) is 11.8 Å². The second kappa shape index (κ2) is 9.14. The molecule has 0 aliphatic rings. The molecule has 0 fully saturated rings. The van der Waals surface area contributed by atoms with Gasteiger partial charge in [-0.3, -0.25) is 4.98 Å². The van der Waals surface area contributed by atoms with Gasteiger partial charge in [-0.1, -0.05) is 30.4 Å². The van der Waals surface area contributed by atoms with E-state index >= 15 is 0 Å². The zero-order valence-corrected chi connectivity index (χ0v) is 14.1. The van der Waals surface area contributed by atoms with Gasteiger partial charge in [-0.2, -0.15) is 0 Å². The van der Waals surface area contributed by atoms with E-state index in [2.05, 4.69) is 11.6 Å². The van der Waals surface area contributed by atoms with Crippen LogP contribution in [-0.4, -0.2) is 16.2 Å². The Morgan fingerprint density at radius 1 is 1.29 bits per heavy atom. The van der Waals surface area contributed by atoms with Crippen molar-refractivity contribution in [2.75, 3.05) is 0 Å². The minimum Gasteiger partial charge on any atom is -0.393 e. The predicted molar refractivity (Wildman–Crippen MR) is 98.1 cm³/mol. The molecule has 1 atom stereocenters. The van der Waals surface area contributed by atoms with Gasteiger partial charge in [-0.05, 0) is 61.9 Å². The molecule has 2 rings (SSSR count). The Kier molecular flexibility index (Phi) is 6.89. The van der Waals surface area contributed by atoms with Crippen molar-refractivity contribution in [3.63, 3.8) is 0 Å². The molecule has 126 valence electrons. The maximum absolute atomic E-state index is 14.3. The van der Waals surface area contributed by atoms with Crippen LogP contribution in [0.2, 0.25) is 0 Å². The normalized spacial score (nSPS) is 12.5. The molecule has 0 spiro atoms. The van der Waals surface area contributed by atoms with E-state index in [0.717, 1.165) is 36.8 Å². The second-order valence-electron chi connectivity index (χ2n) is 5.97. The fraction of sp³-hybridized carbons (Fsp3) is 0.286. The number of aliphatic hydroxyl groups excluding tert-OH is 1. The van der Waals surface area contributed by atoms with Crippen molar-refractivity contribution in [1.82, 2.24) is 4.98 Å². The Hall–Kier alpha value is -2.26. The molecule has 0 bridgehead atoms. The van der Waals surface area contributed by atoms with Gasteiger partial charge in [0.1, 0.15) is 5.82 Å². The Morgan fingerprint density at radius 2 is 2.12 bits per heavy atom. The fourth-order valence-electron chi connectivity index (χ4n) is 2.46. The van der Waals surface area contributed by atoms with Crippen LogP contribution in [0.3, 0.4) is 0 Å². The van der Waals surface area contributed by atoms with E-state index in [4.69, 9.17) is 0 Å². The van der Waals surface area contributed by atoms with Gasteiger partial charge in [-0.15, -0.1) is 6.58 Å². The molecule has 1 aromatic heterocycles. The monoisotopic (exact) mass is 325 g/mol. The molecule has 24 heavy (non-hydrogen) atoms. The summed E-state index contributed by atoms with van der Waals surface area (Å²) in [6.07, 6.45) is 10.6. The van der Waals surface area contributed by atoms with Crippen molar-refractivity contribution in [2.24, 2.45) is 0 Å². The minimum absolute atomic E-state index is 0.263. The first-order chi connectivity index (χ1) is 11.6. The van der Waals surface area contributed by atoms with Gasteiger partial charge < -0.3 is 5.11 Å². The largest absolute Gasteiger partial charge is 0.393 e. The molecular weight excluding hydrogens is 301 g/mol. The number of rotatable bonds is 8. The summed E-state index contributed by atoms with van der Waals surface area (Å²) in [6.45, 7) is 5.49. The van der Waals surface area contributed by atoms with E-state index in [1.807, 2.05) is 36.4 Å². The van der Waals surface area contributed by atoms with Gasteiger partial charge in [0.2, 0.25) is 0 Å². The van der Waals surface area contributed by atoms with Crippen LogP contribution in [-0.2, 0) is 6.42 Å². The number of benzene rings is 1. The van der Waals surface area contributed by atoms with Gasteiger partial charge >= 0.3 is 0 Å². The zero-order chi connectivity index (χ0) is 17.4. The first-order valence-electron chi connectivity index (χ1n) is 8.30. The lowest BCUT2D eigenvalue weighted by molar-refractivity contribution is 0.182. The first kappa shape index (κ1) is 18.1. The zero-order valence-electron chi connectivity index (χ0n) is 14.1. The molecular formula is C21H24FNO. The lowest BCUT2D eigenvalue weighted by atomic mass is 10.1. The van der Waals surface area contributed by atoms with Crippen LogP contribution >= 0.6 is 0 Å². The van der Waals surface area contributed by atoms with Crippen molar-refractivity contribution < 1.29 is 9.50 Å². The summed E-state index contributed by atoms with van der Waals surface area (Å²) < 4.78 is 14.3. The summed E-state index contributed by atoms with van der Waals surface area (Å²) >= 11 is 0. The Balaban J connectivity index is 2.03. The minimum atomic E-state index is -0.273. The molecule has 1 heterocycles. The quantitative estimate of drug-likeness (QED) is 0.536. The second-order valence-corrected chi connectivity index (χ2v) is 5.97. The number of hydrogen-bond donors (Lipinski definition) is 1.